The molecule has 4 heteroatoms. The third-order valence-electron chi connectivity index (χ3n) is 2.69. The number of amides is 1. The van der Waals surface area contributed by atoms with Crippen LogP contribution in [0.15, 0.2) is 18.2 Å². The lowest BCUT2D eigenvalue weighted by Crippen LogP contribution is -2.26. The normalized spacial score (nSPS) is 19.7. The van der Waals surface area contributed by atoms with E-state index >= 15 is 0 Å². The fraction of sp³-hybridized carbons (Fsp3) is 0.417. The number of benzene rings is 1. The van der Waals surface area contributed by atoms with Gasteiger partial charge in [-0.15, -0.1) is 0 Å². The molecule has 2 N–H and O–H groups in total. The van der Waals surface area contributed by atoms with Gasteiger partial charge in [0.2, 0.25) is 0 Å². The average Bonchev–Trinajstić information content (AvgIpc) is 2.77. The van der Waals surface area contributed by atoms with Crippen molar-refractivity contribution in [3.63, 3.8) is 0 Å². The molecule has 0 aliphatic carbocycles. The standard InChI is InChI=1S/C12H15NO3/c1-8-7-9(4-5-10(8)14)13-12(15)11-3-2-6-16-11/h4-5,7,11,14H,2-3,6H2,1H3,(H,13,15)/t11-/m0/s1. The van der Waals surface area contributed by atoms with E-state index in [1.807, 2.05) is 0 Å². The van der Waals surface area contributed by atoms with Gasteiger partial charge in [0.05, 0.1) is 0 Å². The van der Waals surface area contributed by atoms with Gasteiger partial charge in [0.1, 0.15) is 11.9 Å². The number of phenolic OH excluding ortho intramolecular Hbond substituents is 1. The van der Waals surface area contributed by atoms with Crippen LogP contribution in [-0.2, 0) is 9.53 Å². The number of nitrogens with one attached hydrogen (secondary N) is 1. The van der Waals surface area contributed by atoms with E-state index in [0.717, 1.165) is 18.4 Å². The molecule has 1 heterocycles. The smallest absolute Gasteiger partial charge is 0.253 e. The fourth-order valence-corrected chi connectivity index (χ4v) is 1.74. The van der Waals surface area contributed by atoms with Crippen LogP contribution in [0.2, 0.25) is 0 Å². The van der Waals surface area contributed by atoms with Crippen molar-refractivity contribution in [2.75, 3.05) is 11.9 Å². The monoisotopic (exact) mass is 221 g/mol. The molecular formula is C12H15NO3. The molecule has 1 aromatic rings. The summed E-state index contributed by atoms with van der Waals surface area (Å²) in [6.45, 7) is 2.45. The van der Waals surface area contributed by atoms with E-state index in [-0.39, 0.29) is 17.8 Å². The number of rotatable bonds is 2. The Morgan fingerprint density at radius 3 is 3.00 bits per heavy atom. The van der Waals surface area contributed by atoms with Gasteiger partial charge >= 0.3 is 0 Å². The molecule has 1 amide bonds. The van der Waals surface area contributed by atoms with Crippen molar-refractivity contribution in [1.29, 1.82) is 0 Å². The van der Waals surface area contributed by atoms with Gasteiger partial charge in [-0.1, -0.05) is 0 Å². The second-order valence-electron chi connectivity index (χ2n) is 3.99. The van der Waals surface area contributed by atoms with E-state index in [0.29, 0.717) is 12.3 Å². The van der Waals surface area contributed by atoms with Crippen molar-refractivity contribution in [2.45, 2.75) is 25.9 Å². The van der Waals surface area contributed by atoms with Crippen molar-refractivity contribution in [1.82, 2.24) is 0 Å². The lowest BCUT2D eigenvalue weighted by atomic mass is 10.2. The predicted molar refractivity (Wildman–Crippen MR) is 60.4 cm³/mol. The van der Waals surface area contributed by atoms with Crippen LogP contribution < -0.4 is 5.32 Å². The van der Waals surface area contributed by atoms with Crippen molar-refractivity contribution in [3.05, 3.63) is 23.8 Å². The predicted octanol–water partition coefficient (Wildman–Crippen LogP) is 1.82. The van der Waals surface area contributed by atoms with Crippen LogP contribution in [0.25, 0.3) is 0 Å². The number of carbonyl (C=O) groups excluding carboxylic acids is 1. The van der Waals surface area contributed by atoms with Crippen molar-refractivity contribution in [3.8, 4) is 5.75 Å². The summed E-state index contributed by atoms with van der Waals surface area (Å²) in [5, 5.41) is 12.1. The quantitative estimate of drug-likeness (QED) is 0.749. The Hall–Kier alpha value is -1.55. The second-order valence-corrected chi connectivity index (χ2v) is 3.99. The van der Waals surface area contributed by atoms with Gasteiger partial charge in [0.25, 0.3) is 5.91 Å². The zero-order chi connectivity index (χ0) is 11.5. The third-order valence-corrected chi connectivity index (χ3v) is 2.69. The van der Waals surface area contributed by atoms with Gasteiger partial charge in [-0.3, -0.25) is 4.79 Å². The molecule has 1 saturated heterocycles. The van der Waals surface area contributed by atoms with Crippen LogP contribution >= 0.6 is 0 Å². The minimum Gasteiger partial charge on any atom is -0.508 e. The molecule has 1 atom stereocenters. The van der Waals surface area contributed by atoms with Gasteiger partial charge in [-0.05, 0) is 43.5 Å². The Labute approximate surface area is 94.2 Å². The molecule has 0 unspecified atom stereocenters. The Balaban J connectivity index is 2.02. The fourth-order valence-electron chi connectivity index (χ4n) is 1.74. The molecule has 0 radical (unpaired) electrons. The first kappa shape index (κ1) is 11.0. The minimum atomic E-state index is -0.325. The molecule has 1 aliphatic rings. The summed E-state index contributed by atoms with van der Waals surface area (Å²) in [5.74, 6) is 0.123. The highest BCUT2D eigenvalue weighted by atomic mass is 16.5. The number of hydrogen-bond acceptors (Lipinski definition) is 3. The second kappa shape index (κ2) is 4.53. The van der Waals surface area contributed by atoms with E-state index in [4.69, 9.17) is 4.74 Å². The summed E-state index contributed by atoms with van der Waals surface area (Å²) < 4.78 is 5.28. The third kappa shape index (κ3) is 2.33. The molecule has 0 saturated carbocycles. The first-order chi connectivity index (χ1) is 7.66. The maximum atomic E-state index is 11.7. The van der Waals surface area contributed by atoms with Crippen LogP contribution in [0.3, 0.4) is 0 Å². The summed E-state index contributed by atoms with van der Waals surface area (Å²) >= 11 is 0. The Kier molecular flexibility index (Phi) is 3.10. The number of carbonyl (C=O) groups is 1. The number of aryl methyl sites for hydroxylation is 1. The largest absolute Gasteiger partial charge is 0.508 e. The van der Waals surface area contributed by atoms with Crippen LogP contribution in [0.1, 0.15) is 18.4 Å². The summed E-state index contributed by atoms with van der Waals surface area (Å²) in [5.41, 5.74) is 1.43. The van der Waals surface area contributed by atoms with Crippen LogP contribution in [0.4, 0.5) is 5.69 Å². The van der Waals surface area contributed by atoms with Crippen molar-refractivity contribution in [2.24, 2.45) is 0 Å². The first-order valence-corrected chi connectivity index (χ1v) is 5.39. The molecule has 1 aromatic carbocycles. The maximum Gasteiger partial charge on any atom is 0.253 e. The number of anilines is 1. The molecule has 4 nitrogen and oxygen atoms in total. The van der Waals surface area contributed by atoms with E-state index < -0.39 is 0 Å². The van der Waals surface area contributed by atoms with Crippen molar-refractivity contribution < 1.29 is 14.6 Å². The molecule has 0 spiro atoms. The van der Waals surface area contributed by atoms with Gasteiger partial charge < -0.3 is 15.2 Å². The summed E-state index contributed by atoms with van der Waals surface area (Å²) in [4.78, 5) is 11.7. The zero-order valence-corrected chi connectivity index (χ0v) is 9.19. The lowest BCUT2D eigenvalue weighted by molar-refractivity contribution is -0.124. The SMILES string of the molecule is Cc1cc(NC(=O)[C@@H]2CCCO2)ccc1O. The molecule has 1 fully saturated rings. The molecule has 0 bridgehead atoms. The Morgan fingerprint density at radius 2 is 2.38 bits per heavy atom. The number of ether oxygens (including phenoxy) is 1. The maximum absolute atomic E-state index is 11.7. The highest BCUT2D eigenvalue weighted by Gasteiger charge is 2.23. The highest BCUT2D eigenvalue weighted by molar-refractivity contribution is 5.94. The van der Waals surface area contributed by atoms with Gasteiger partial charge in [0.15, 0.2) is 0 Å². The molecular weight excluding hydrogens is 206 g/mol. The zero-order valence-electron chi connectivity index (χ0n) is 9.19. The minimum absolute atomic E-state index is 0.109. The Bertz CT molecular complexity index is 397. The van der Waals surface area contributed by atoms with Crippen LogP contribution in [-0.4, -0.2) is 23.7 Å². The number of hydrogen-bond donors (Lipinski definition) is 2. The Morgan fingerprint density at radius 1 is 1.56 bits per heavy atom. The summed E-state index contributed by atoms with van der Waals surface area (Å²) in [6, 6.07) is 4.98. The van der Waals surface area contributed by atoms with Gasteiger partial charge in [-0.2, -0.15) is 0 Å². The number of phenols is 1. The average molecular weight is 221 g/mol. The number of aromatic hydroxyl groups is 1. The van der Waals surface area contributed by atoms with Crippen LogP contribution in [0.5, 0.6) is 5.75 Å². The molecule has 86 valence electrons. The molecule has 2 rings (SSSR count). The van der Waals surface area contributed by atoms with Gasteiger partial charge in [-0.25, -0.2) is 0 Å². The summed E-state index contributed by atoms with van der Waals surface area (Å²) in [7, 11) is 0. The van der Waals surface area contributed by atoms with E-state index in [1.165, 1.54) is 0 Å². The molecule has 0 aromatic heterocycles. The van der Waals surface area contributed by atoms with Gasteiger partial charge in [0, 0.05) is 12.3 Å². The van der Waals surface area contributed by atoms with E-state index in [1.54, 1.807) is 25.1 Å². The first-order valence-electron chi connectivity index (χ1n) is 5.39. The van der Waals surface area contributed by atoms with Crippen molar-refractivity contribution >= 4 is 11.6 Å². The van der Waals surface area contributed by atoms with Crippen LogP contribution in [0, 0.1) is 6.92 Å². The lowest BCUT2D eigenvalue weighted by Gasteiger charge is -2.11. The van der Waals surface area contributed by atoms with E-state index in [2.05, 4.69) is 5.32 Å². The summed E-state index contributed by atoms with van der Waals surface area (Å²) in [6.07, 6.45) is 1.39. The molecule has 1 aliphatic heterocycles. The molecule has 16 heavy (non-hydrogen) atoms. The topological polar surface area (TPSA) is 58.6 Å². The highest BCUT2D eigenvalue weighted by Crippen LogP contribution is 2.21. The van der Waals surface area contributed by atoms with E-state index in [9.17, 15) is 9.90 Å².